The molecule has 94 valence electrons. The third-order valence-corrected chi connectivity index (χ3v) is 2.72. The summed E-state index contributed by atoms with van der Waals surface area (Å²) in [5.41, 5.74) is 0.726. The number of hydrogen-bond acceptors (Lipinski definition) is 2. The first-order valence-electron chi connectivity index (χ1n) is 5.99. The van der Waals surface area contributed by atoms with Gasteiger partial charge in [0.1, 0.15) is 5.75 Å². The molecule has 0 aliphatic rings. The van der Waals surface area contributed by atoms with Gasteiger partial charge in [-0.25, -0.2) is 4.79 Å². The van der Waals surface area contributed by atoms with Gasteiger partial charge in [0, 0.05) is 31.4 Å². The molecule has 2 amide bonds. The van der Waals surface area contributed by atoms with Crippen molar-refractivity contribution < 1.29 is 9.90 Å². The maximum Gasteiger partial charge on any atom is 0.324 e. The van der Waals surface area contributed by atoms with E-state index in [9.17, 15) is 9.90 Å². The molecule has 0 saturated heterocycles. The number of hydrogen-bond donors (Lipinski definition) is 1. The van der Waals surface area contributed by atoms with Crippen molar-refractivity contribution in [3.8, 4) is 5.75 Å². The van der Waals surface area contributed by atoms with Crippen molar-refractivity contribution in [3.05, 3.63) is 24.3 Å². The van der Waals surface area contributed by atoms with Crippen molar-refractivity contribution in [1.29, 1.82) is 0 Å². The molecule has 0 saturated carbocycles. The first kappa shape index (κ1) is 13.4. The number of carbonyl (C=O) groups excluding carboxylic acids is 1. The minimum Gasteiger partial charge on any atom is -0.508 e. The van der Waals surface area contributed by atoms with Gasteiger partial charge in [0.05, 0.1) is 0 Å². The number of amides is 2. The van der Waals surface area contributed by atoms with E-state index in [1.807, 2.05) is 26.8 Å². The summed E-state index contributed by atoms with van der Waals surface area (Å²) in [5, 5.41) is 9.44. The molecular weight excluding hydrogens is 216 g/mol. The highest BCUT2D eigenvalue weighted by atomic mass is 16.3. The zero-order valence-corrected chi connectivity index (χ0v) is 10.7. The van der Waals surface area contributed by atoms with Crippen LogP contribution in [-0.4, -0.2) is 35.7 Å². The molecule has 0 unspecified atom stereocenters. The van der Waals surface area contributed by atoms with Crippen molar-refractivity contribution in [2.24, 2.45) is 0 Å². The summed E-state index contributed by atoms with van der Waals surface area (Å²) >= 11 is 0. The Morgan fingerprint density at radius 1 is 1.18 bits per heavy atom. The number of phenolic OH excluding ortho intramolecular Hbond substituents is 1. The number of urea groups is 1. The molecule has 0 aliphatic carbocycles. The Morgan fingerprint density at radius 3 is 2.29 bits per heavy atom. The van der Waals surface area contributed by atoms with Crippen LogP contribution in [0, 0.1) is 0 Å². The Hall–Kier alpha value is -1.71. The second-order valence-corrected chi connectivity index (χ2v) is 3.72. The van der Waals surface area contributed by atoms with Gasteiger partial charge in [-0.05, 0) is 32.9 Å². The van der Waals surface area contributed by atoms with Gasteiger partial charge in [0.25, 0.3) is 0 Å². The molecule has 0 atom stereocenters. The third kappa shape index (κ3) is 3.12. The summed E-state index contributed by atoms with van der Waals surface area (Å²) in [6.07, 6.45) is 0. The second kappa shape index (κ2) is 6.13. The maximum absolute atomic E-state index is 12.2. The van der Waals surface area contributed by atoms with Gasteiger partial charge in [-0.3, -0.25) is 4.90 Å². The van der Waals surface area contributed by atoms with Crippen LogP contribution in [0.15, 0.2) is 24.3 Å². The normalized spacial score (nSPS) is 10.1. The second-order valence-electron chi connectivity index (χ2n) is 3.72. The topological polar surface area (TPSA) is 43.8 Å². The van der Waals surface area contributed by atoms with Crippen LogP contribution < -0.4 is 4.90 Å². The molecule has 1 N–H and O–H groups in total. The van der Waals surface area contributed by atoms with Gasteiger partial charge in [0.2, 0.25) is 0 Å². The summed E-state index contributed by atoms with van der Waals surface area (Å²) in [4.78, 5) is 15.6. The first-order chi connectivity index (χ1) is 8.13. The van der Waals surface area contributed by atoms with E-state index in [1.54, 1.807) is 28.0 Å². The lowest BCUT2D eigenvalue weighted by atomic mass is 10.2. The zero-order valence-electron chi connectivity index (χ0n) is 10.7. The molecule has 0 aliphatic heterocycles. The van der Waals surface area contributed by atoms with Crippen LogP contribution in [0.3, 0.4) is 0 Å². The van der Waals surface area contributed by atoms with Gasteiger partial charge in [0.15, 0.2) is 0 Å². The van der Waals surface area contributed by atoms with E-state index >= 15 is 0 Å². The van der Waals surface area contributed by atoms with Crippen molar-refractivity contribution in [1.82, 2.24) is 4.90 Å². The van der Waals surface area contributed by atoms with Crippen LogP contribution in [0.2, 0.25) is 0 Å². The predicted molar refractivity (Wildman–Crippen MR) is 69.4 cm³/mol. The molecule has 4 heteroatoms. The maximum atomic E-state index is 12.2. The number of phenols is 1. The molecule has 0 aromatic heterocycles. The molecule has 0 bridgehead atoms. The largest absolute Gasteiger partial charge is 0.508 e. The first-order valence-corrected chi connectivity index (χ1v) is 5.99. The van der Waals surface area contributed by atoms with Gasteiger partial charge in [-0.15, -0.1) is 0 Å². The Balaban J connectivity index is 2.95. The zero-order chi connectivity index (χ0) is 12.8. The average molecular weight is 236 g/mol. The number of aromatic hydroxyl groups is 1. The Kier molecular flexibility index (Phi) is 4.82. The van der Waals surface area contributed by atoms with Crippen molar-refractivity contribution in [2.45, 2.75) is 20.8 Å². The highest BCUT2D eigenvalue weighted by Crippen LogP contribution is 2.21. The Morgan fingerprint density at radius 2 is 1.82 bits per heavy atom. The molecule has 4 nitrogen and oxygen atoms in total. The van der Waals surface area contributed by atoms with E-state index in [-0.39, 0.29) is 11.8 Å². The average Bonchev–Trinajstić information content (AvgIpc) is 2.31. The van der Waals surface area contributed by atoms with Crippen LogP contribution in [0.1, 0.15) is 20.8 Å². The Bertz CT molecular complexity index is 375. The number of nitrogens with zero attached hydrogens (tertiary/aromatic N) is 2. The SMILES string of the molecule is CCN(CC)C(=O)N(CC)c1cccc(O)c1. The fourth-order valence-electron chi connectivity index (χ4n) is 1.75. The molecule has 1 rings (SSSR count). The highest BCUT2D eigenvalue weighted by Gasteiger charge is 2.18. The smallest absolute Gasteiger partial charge is 0.324 e. The summed E-state index contributed by atoms with van der Waals surface area (Å²) in [7, 11) is 0. The van der Waals surface area contributed by atoms with Crippen LogP contribution >= 0.6 is 0 Å². The lowest BCUT2D eigenvalue weighted by Gasteiger charge is -2.28. The van der Waals surface area contributed by atoms with Crippen molar-refractivity contribution in [3.63, 3.8) is 0 Å². The molecule has 0 radical (unpaired) electrons. The number of anilines is 1. The van der Waals surface area contributed by atoms with Crippen LogP contribution in [-0.2, 0) is 0 Å². The lowest BCUT2D eigenvalue weighted by molar-refractivity contribution is 0.210. The molecule has 0 fully saturated rings. The van der Waals surface area contributed by atoms with E-state index in [1.165, 1.54) is 0 Å². The fraction of sp³-hybridized carbons (Fsp3) is 0.462. The van der Waals surface area contributed by atoms with E-state index in [0.717, 1.165) is 5.69 Å². The van der Waals surface area contributed by atoms with Gasteiger partial charge >= 0.3 is 6.03 Å². The van der Waals surface area contributed by atoms with Crippen LogP contribution in [0.5, 0.6) is 5.75 Å². The number of rotatable bonds is 4. The summed E-state index contributed by atoms with van der Waals surface area (Å²) in [6.45, 7) is 7.79. The molecule has 17 heavy (non-hydrogen) atoms. The van der Waals surface area contributed by atoms with Crippen molar-refractivity contribution >= 4 is 11.7 Å². The van der Waals surface area contributed by atoms with Gasteiger partial charge in [-0.2, -0.15) is 0 Å². The monoisotopic (exact) mass is 236 g/mol. The minimum atomic E-state index is -0.0249. The highest BCUT2D eigenvalue weighted by molar-refractivity contribution is 5.92. The summed E-state index contributed by atoms with van der Waals surface area (Å²) in [5.74, 6) is 0.174. The molecule has 1 aromatic carbocycles. The number of carbonyl (C=O) groups is 1. The molecule has 0 heterocycles. The van der Waals surface area contributed by atoms with Gasteiger partial charge < -0.3 is 10.0 Å². The molecular formula is C13H20N2O2. The van der Waals surface area contributed by atoms with E-state index < -0.39 is 0 Å². The van der Waals surface area contributed by atoms with E-state index in [4.69, 9.17) is 0 Å². The molecule has 0 spiro atoms. The van der Waals surface area contributed by atoms with Gasteiger partial charge in [-0.1, -0.05) is 6.07 Å². The minimum absolute atomic E-state index is 0.0249. The van der Waals surface area contributed by atoms with Crippen LogP contribution in [0.25, 0.3) is 0 Å². The van der Waals surface area contributed by atoms with Crippen molar-refractivity contribution in [2.75, 3.05) is 24.5 Å². The summed E-state index contributed by atoms with van der Waals surface area (Å²) in [6, 6.07) is 6.74. The predicted octanol–water partition coefficient (Wildman–Crippen LogP) is 2.68. The quantitative estimate of drug-likeness (QED) is 0.873. The summed E-state index contributed by atoms with van der Waals surface area (Å²) < 4.78 is 0. The van der Waals surface area contributed by atoms with Crippen LogP contribution in [0.4, 0.5) is 10.5 Å². The van der Waals surface area contributed by atoms with E-state index in [2.05, 4.69) is 0 Å². The standard InChI is InChI=1S/C13H20N2O2/c1-4-14(5-2)13(17)15(6-3)11-8-7-9-12(16)10-11/h7-10,16H,4-6H2,1-3H3. The lowest BCUT2D eigenvalue weighted by Crippen LogP contribution is -2.43. The molecule has 1 aromatic rings. The fourth-order valence-corrected chi connectivity index (χ4v) is 1.75. The van der Waals surface area contributed by atoms with E-state index in [0.29, 0.717) is 19.6 Å². The Labute approximate surface area is 102 Å². The third-order valence-electron chi connectivity index (χ3n) is 2.72. The number of benzene rings is 1.